The number of hydrogen-bond donors (Lipinski definition) is 2. The Kier molecular flexibility index (Phi) is 5.60. The molecule has 106 valence electrons. The van der Waals surface area contributed by atoms with Crippen molar-refractivity contribution < 1.29 is 9.90 Å². The van der Waals surface area contributed by atoms with Gasteiger partial charge in [0, 0.05) is 25.7 Å². The van der Waals surface area contributed by atoms with Gasteiger partial charge in [-0.1, -0.05) is 13.8 Å². The molecule has 0 radical (unpaired) electrons. The number of amides is 1. The number of carbonyl (C=O) groups is 1. The maximum atomic E-state index is 12.9. The minimum Gasteiger partial charge on any atom is -0.396 e. The average molecular weight is 256 g/mol. The molecular weight excluding hydrogens is 228 g/mol. The minimum absolute atomic E-state index is 0.142. The maximum Gasteiger partial charge on any atom is 0.230 e. The third-order valence-electron chi connectivity index (χ3n) is 4.16. The van der Waals surface area contributed by atoms with Gasteiger partial charge in [0.2, 0.25) is 5.91 Å². The van der Waals surface area contributed by atoms with E-state index in [2.05, 4.69) is 19.2 Å². The summed E-state index contributed by atoms with van der Waals surface area (Å²) >= 11 is 0. The van der Waals surface area contributed by atoms with Gasteiger partial charge in [-0.25, -0.2) is 0 Å². The number of aliphatic hydroxyl groups is 1. The normalized spacial score (nSPS) is 23.9. The first kappa shape index (κ1) is 15.4. The first-order valence-corrected chi connectivity index (χ1v) is 7.08. The highest BCUT2D eigenvalue weighted by molar-refractivity contribution is 5.84. The monoisotopic (exact) mass is 256 g/mol. The molecule has 1 aliphatic heterocycles. The fourth-order valence-corrected chi connectivity index (χ4v) is 2.75. The van der Waals surface area contributed by atoms with Gasteiger partial charge in [0.05, 0.1) is 5.41 Å². The molecule has 0 aromatic heterocycles. The van der Waals surface area contributed by atoms with Crippen molar-refractivity contribution in [2.75, 3.05) is 26.2 Å². The summed E-state index contributed by atoms with van der Waals surface area (Å²) in [5, 5.41) is 12.3. The molecule has 1 heterocycles. The SMILES string of the molecule is CC(C)N(CCCO)C(=O)C1(C(C)C)CCNC1. The number of carbonyl (C=O) groups excluding carboxylic acids is 1. The zero-order valence-corrected chi connectivity index (χ0v) is 12.2. The van der Waals surface area contributed by atoms with Crippen LogP contribution < -0.4 is 5.32 Å². The van der Waals surface area contributed by atoms with E-state index in [4.69, 9.17) is 5.11 Å². The second-order valence-electron chi connectivity index (χ2n) is 5.91. The molecule has 1 rings (SSSR count). The Balaban J connectivity index is 2.85. The van der Waals surface area contributed by atoms with Crippen LogP contribution in [-0.2, 0) is 4.79 Å². The van der Waals surface area contributed by atoms with E-state index in [1.54, 1.807) is 0 Å². The molecule has 0 aromatic carbocycles. The largest absolute Gasteiger partial charge is 0.396 e. The topological polar surface area (TPSA) is 52.6 Å². The lowest BCUT2D eigenvalue weighted by molar-refractivity contribution is -0.145. The zero-order chi connectivity index (χ0) is 13.8. The Morgan fingerprint density at radius 3 is 2.44 bits per heavy atom. The second-order valence-corrected chi connectivity index (χ2v) is 5.91. The molecule has 1 unspecified atom stereocenters. The van der Waals surface area contributed by atoms with Gasteiger partial charge in [-0.15, -0.1) is 0 Å². The highest BCUT2D eigenvalue weighted by Crippen LogP contribution is 2.36. The standard InChI is InChI=1S/C14H28N2O2/c1-11(2)14(6-7-15-10-14)13(18)16(12(3)4)8-5-9-17/h11-12,15,17H,5-10H2,1-4H3. The Morgan fingerprint density at radius 2 is 2.06 bits per heavy atom. The number of rotatable bonds is 6. The summed E-state index contributed by atoms with van der Waals surface area (Å²) < 4.78 is 0. The van der Waals surface area contributed by atoms with Crippen molar-refractivity contribution in [1.82, 2.24) is 10.2 Å². The lowest BCUT2D eigenvalue weighted by atomic mass is 9.75. The molecule has 1 aliphatic rings. The van der Waals surface area contributed by atoms with Crippen LogP contribution in [0.15, 0.2) is 0 Å². The highest BCUT2D eigenvalue weighted by atomic mass is 16.3. The summed E-state index contributed by atoms with van der Waals surface area (Å²) in [6.07, 6.45) is 1.58. The van der Waals surface area contributed by atoms with Crippen LogP contribution >= 0.6 is 0 Å². The van der Waals surface area contributed by atoms with Crippen LogP contribution in [0.3, 0.4) is 0 Å². The number of hydrogen-bond acceptors (Lipinski definition) is 3. The minimum atomic E-state index is -0.250. The van der Waals surface area contributed by atoms with Crippen molar-refractivity contribution in [3.63, 3.8) is 0 Å². The summed E-state index contributed by atoms with van der Waals surface area (Å²) in [5.74, 6) is 0.598. The number of nitrogens with one attached hydrogen (secondary N) is 1. The van der Waals surface area contributed by atoms with Crippen molar-refractivity contribution in [2.24, 2.45) is 11.3 Å². The van der Waals surface area contributed by atoms with E-state index in [0.717, 1.165) is 19.5 Å². The molecule has 0 spiro atoms. The van der Waals surface area contributed by atoms with Crippen LogP contribution in [0, 0.1) is 11.3 Å². The van der Waals surface area contributed by atoms with Gasteiger partial charge < -0.3 is 15.3 Å². The van der Waals surface area contributed by atoms with E-state index in [9.17, 15) is 4.79 Å². The van der Waals surface area contributed by atoms with E-state index < -0.39 is 0 Å². The third kappa shape index (κ3) is 3.04. The van der Waals surface area contributed by atoms with Crippen LogP contribution in [0.1, 0.15) is 40.5 Å². The first-order valence-electron chi connectivity index (χ1n) is 7.08. The molecule has 2 N–H and O–H groups in total. The Morgan fingerprint density at radius 1 is 1.39 bits per heavy atom. The fraction of sp³-hybridized carbons (Fsp3) is 0.929. The molecule has 1 atom stereocenters. The third-order valence-corrected chi connectivity index (χ3v) is 4.16. The van der Waals surface area contributed by atoms with E-state index in [1.165, 1.54) is 0 Å². The average Bonchev–Trinajstić information content (AvgIpc) is 2.79. The number of aliphatic hydroxyl groups excluding tert-OH is 1. The van der Waals surface area contributed by atoms with Gasteiger partial charge in [0.1, 0.15) is 0 Å². The predicted octanol–water partition coefficient (Wildman–Crippen LogP) is 1.24. The van der Waals surface area contributed by atoms with Gasteiger partial charge in [0.25, 0.3) is 0 Å². The summed E-state index contributed by atoms with van der Waals surface area (Å²) in [7, 11) is 0. The molecule has 18 heavy (non-hydrogen) atoms. The zero-order valence-electron chi connectivity index (χ0n) is 12.2. The molecule has 1 fully saturated rings. The van der Waals surface area contributed by atoms with Crippen molar-refractivity contribution in [1.29, 1.82) is 0 Å². The highest BCUT2D eigenvalue weighted by Gasteiger charge is 2.46. The summed E-state index contributed by atoms with van der Waals surface area (Å²) in [5.41, 5.74) is -0.250. The summed E-state index contributed by atoms with van der Waals surface area (Å²) in [6.45, 7) is 10.9. The summed E-state index contributed by atoms with van der Waals surface area (Å²) in [4.78, 5) is 14.8. The number of nitrogens with zero attached hydrogens (tertiary/aromatic N) is 1. The first-order chi connectivity index (χ1) is 8.45. The molecule has 0 aromatic rings. The molecule has 4 heteroatoms. The Bertz CT molecular complexity index is 271. The molecule has 1 saturated heterocycles. The van der Waals surface area contributed by atoms with Crippen molar-refractivity contribution >= 4 is 5.91 Å². The predicted molar refractivity (Wildman–Crippen MR) is 73.3 cm³/mol. The van der Waals surface area contributed by atoms with Crippen molar-refractivity contribution in [3.8, 4) is 0 Å². The molecule has 1 amide bonds. The smallest absolute Gasteiger partial charge is 0.230 e. The van der Waals surface area contributed by atoms with Gasteiger partial charge in [-0.05, 0) is 39.2 Å². The van der Waals surface area contributed by atoms with E-state index in [0.29, 0.717) is 18.9 Å². The van der Waals surface area contributed by atoms with Crippen molar-refractivity contribution in [2.45, 2.75) is 46.6 Å². The quantitative estimate of drug-likeness (QED) is 0.752. The maximum absolute atomic E-state index is 12.9. The summed E-state index contributed by atoms with van der Waals surface area (Å²) in [6, 6.07) is 0.195. The lowest BCUT2D eigenvalue weighted by Crippen LogP contribution is -2.51. The van der Waals surface area contributed by atoms with Crippen LogP contribution in [0.2, 0.25) is 0 Å². The van der Waals surface area contributed by atoms with Crippen LogP contribution in [0.4, 0.5) is 0 Å². The van der Waals surface area contributed by atoms with Gasteiger partial charge in [0.15, 0.2) is 0 Å². The molecule has 4 nitrogen and oxygen atoms in total. The fourth-order valence-electron chi connectivity index (χ4n) is 2.75. The Hall–Kier alpha value is -0.610. The second kappa shape index (κ2) is 6.53. The molecule has 0 saturated carbocycles. The Labute approximate surface area is 111 Å². The van der Waals surface area contributed by atoms with Crippen LogP contribution in [0.25, 0.3) is 0 Å². The van der Waals surface area contributed by atoms with E-state index in [-0.39, 0.29) is 24.0 Å². The van der Waals surface area contributed by atoms with Crippen LogP contribution in [-0.4, -0.2) is 48.2 Å². The lowest BCUT2D eigenvalue weighted by Gasteiger charge is -2.38. The molecular formula is C14H28N2O2. The van der Waals surface area contributed by atoms with Gasteiger partial charge in [-0.2, -0.15) is 0 Å². The van der Waals surface area contributed by atoms with Crippen LogP contribution in [0.5, 0.6) is 0 Å². The molecule has 0 aliphatic carbocycles. The van der Waals surface area contributed by atoms with E-state index >= 15 is 0 Å². The van der Waals surface area contributed by atoms with Gasteiger partial charge >= 0.3 is 0 Å². The van der Waals surface area contributed by atoms with Gasteiger partial charge in [-0.3, -0.25) is 4.79 Å². The van der Waals surface area contributed by atoms with E-state index in [1.807, 2.05) is 18.7 Å². The molecule has 0 bridgehead atoms. The van der Waals surface area contributed by atoms with Crippen molar-refractivity contribution in [3.05, 3.63) is 0 Å².